The summed E-state index contributed by atoms with van der Waals surface area (Å²) in [4.78, 5) is 15.9. The van der Waals surface area contributed by atoms with Crippen LogP contribution in [0.1, 0.15) is 5.69 Å². The van der Waals surface area contributed by atoms with Gasteiger partial charge < -0.3 is 15.8 Å². The predicted molar refractivity (Wildman–Crippen MR) is 74.0 cm³/mol. The molecule has 1 amide bonds. The molecule has 0 aliphatic rings. The first-order chi connectivity index (χ1) is 9.19. The third-order valence-corrected chi connectivity index (χ3v) is 2.59. The number of carbonyl (C=O) groups excluding carboxylic acids is 1. The van der Waals surface area contributed by atoms with Crippen LogP contribution in [0.4, 0.5) is 11.4 Å². The van der Waals surface area contributed by atoms with Gasteiger partial charge in [-0.25, -0.2) is 0 Å². The lowest BCUT2D eigenvalue weighted by Gasteiger charge is -2.08. The molecule has 0 aliphatic carbocycles. The summed E-state index contributed by atoms with van der Waals surface area (Å²) < 4.78 is 5.10. The van der Waals surface area contributed by atoms with Crippen molar-refractivity contribution in [2.75, 3.05) is 18.2 Å². The summed E-state index contributed by atoms with van der Waals surface area (Å²) >= 11 is 0. The number of hydrogen-bond donors (Lipinski definition) is 2. The van der Waals surface area contributed by atoms with Gasteiger partial charge in [0.05, 0.1) is 19.2 Å². The second-order valence-corrected chi connectivity index (χ2v) is 4.00. The summed E-state index contributed by atoms with van der Waals surface area (Å²) in [5.74, 6) is 0.404. The van der Waals surface area contributed by atoms with Crippen molar-refractivity contribution in [1.29, 1.82) is 0 Å². The minimum Gasteiger partial charge on any atom is -0.495 e. The Morgan fingerprint density at radius 2 is 2.21 bits per heavy atom. The topological polar surface area (TPSA) is 77.2 Å². The number of hydrogen-bond acceptors (Lipinski definition) is 4. The van der Waals surface area contributed by atoms with Gasteiger partial charge in [0.2, 0.25) is 5.91 Å². The Balaban J connectivity index is 2.03. The summed E-state index contributed by atoms with van der Waals surface area (Å²) in [5.41, 5.74) is 7.61. The van der Waals surface area contributed by atoms with Gasteiger partial charge in [-0.2, -0.15) is 0 Å². The number of aromatic nitrogens is 1. The van der Waals surface area contributed by atoms with Gasteiger partial charge in [-0.15, -0.1) is 0 Å². The highest BCUT2D eigenvalue weighted by molar-refractivity contribution is 5.92. The standard InChI is InChI=1S/C14H15N3O2/c1-19-13-8-11(5-6-12(13)15)17-14(18)9-10-4-2-3-7-16-10/h2-8H,9,15H2,1H3,(H,17,18). The van der Waals surface area contributed by atoms with Crippen LogP contribution in [0.15, 0.2) is 42.6 Å². The van der Waals surface area contributed by atoms with Crippen molar-refractivity contribution in [3.05, 3.63) is 48.3 Å². The van der Waals surface area contributed by atoms with E-state index in [4.69, 9.17) is 10.5 Å². The van der Waals surface area contributed by atoms with Gasteiger partial charge in [0.1, 0.15) is 5.75 Å². The highest BCUT2D eigenvalue weighted by Gasteiger charge is 2.06. The molecular weight excluding hydrogens is 242 g/mol. The number of nitrogens with two attached hydrogens (primary N) is 1. The minimum atomic E-state index is -0.134. The number of rotatable bonds is 4. The third kappa shape index (κ3) is 3.45. The van der Waals surface area contributed by atoms with Gasteiger partial charge in [0, 0.05) is 23.6 Å². The number of ether oxygens (including phenoxy) is 1. The summed E-state index contributed by atoms with van der Waals surface area (Å²) in [6, 6.07) is 10.6. The molecule has 0 unspecified atom stereocenters. The molecule has 2 rings (SSSR count). The molecular formula is C14H15N3O2. The number of nitrogens with one attached hydrogen (secondary N) is 1. The molecule has 0 spiro atoms. The molecule has 19 heavy (non-hydrogen) atoms. The van der Waals surface area contributed by atoms with E-state index >= 15 is 0 Å². The zero-order valence-electron chi connectivity index (χ0n) is 10.6. The van der Waals surface area contributed by atoms with Crippen LogP contribution in [0.25, 0.3) is 0 Å². The first-order valence-electron chi connectivity index (χ1n) is 5.82. The lowest BCUT2D eigenvalue weighted by atomic mass is 10.2. The molecule has 0 radical (unpaired) electrons. The lowest BCUT2D eigenvalue weighted by molar-refractivity contribution is -0.115. The molecule has 5 heteroatoms. The van der Waals surface area contributed by atoms with E-state index in [-0.39, 0.29) is 12.3 Å². The first kappa shape index (κ1) is 12.9. The van der Waals surface area contributed by atoms with Crippen molar-refractivity contribution in [2.24, 2.45) is 0 Å². The van der Waals surface area contributed by atoms with Gasteiger partial charge >= 0.3 is 0 Å². The fourth-order valence-electron chi connectivity index (χ4n) is 1.66. The molecule has 0 saturated heterocycles. The van der Waals surface area contributed by atoms with Crippen molar-refractivity contribution in [3.8, 4) is 5.75 Å². The van der Waals surface area contributed by atoms with Crippen molar-refractivity contribution in [3.63, 3.8) is 0 Å². The van der Waals surface area contributed by atoms with Crippen molar-refractivity contribution in [1.82, 2.24) is 4.98 Å². The maximum atomic E-state index is 11.8. The maximum absolute atomic E-state index is 11.8. The summed E-state index contributed by atoms with van der Waals surface area (Å²) in [6.07, 6.45) is 1.89. The van der Waals surface area contributed by atoms with Crippen LogP contribution in [0.2, 0.25) is 0 Å². The van der Waals surface area contributed by atoms with E-state index in [1.165, 1.54) is 7.11 Å². The zero-order valence-corrected chi connectivity index (χ0v) is 10.6. The van der Waals surface area contributed by atoms with Gasteiger partial charge in [-0.05, 0) is 24.3 Å². The monoisotopic (exact) mass is 257 g/mol. The summed E-state index contributed by atoms with van der Waals surface area (Å²) in [7, 11) is 1.53. The molecule has 2 aromatic rings. The van der Waals surface area contributed by atoms with Crippen molar-refractivity contribution in [2.45, 2.75) is 6.42 Å². The van der Waals surface area contributed by atoms with Crippen molar-refractivity contribution >= 4 is 17.3 Å². The SMILES string of the molecule is COc1cc(NC(=O)Cc2ccccn2)ccc1N. The average molecular weight is 257 g/mol. The number of benzene rings is 1. The van der Waals surface area contributed by atoms with Gasteiger partial charge in [-0.1, -0.05) is 6.07 Å². The van der Waals surface area contributed by atoms with Crippen LogP contribution in [-0.4, -0.2) is 18.0 Å². The number of nitrogens with zero attached hydrogens (tertiary/aromatic N) is 1. The zero-order chi connectivity index (χ0) is 13.7. The van der Waals surface area contributed by atoms with E-state index in [2.05, 4.69) is 10.3 Å². The number of anilines is 2. The Bertz CT molecular complexity index is 570. The van der Waals surface area contributed by atoms with Gasteiger partial charge in [0.25, 0.3) is 0 Å². The van der Waals surface area contributed by atoms with E-state index in [0.29, 0.717) is 17.1 Å². The highest BCUT2D eigenvalue weighted by Crippen LogP contribution is 2.24. The fraction of sp³-hybridized carbons (Fsp3) is 0.143. The van der Waals surface area contributed by atoms with E-state index in [9.17, 15) is 4.79 Å². The van der Waals surface area contributed by atoms with Gasteiger partial charge in [0.15, 0.2) is 0 Å². The Morgan fingerprint density at radius 1 is 1.37 bits per heavy atom. The maximum Gasteiger partial charge on any atom is 0.230 e. The Hall–Kier alpha value is -2.56. The molecule has 0 saturated carbocycles. The molecule has 1 heterocycles. The molecule has 0 atom stereocenters. The van der Waals surface area contributed by atoms with Crippen molar-refractivity contribution < 1.29 is 9.53 Å². The summed E-state index contributed by atoms with van der Waals surface area (Å²) in [5, 5.41) is 2.78. The predicted octanol–water partition coefficient (Wildman–Crippen LogP) is 1.85. The average Bonchev–Trinajstić information content (AvgIpc) is 2.42. The second-order valence-electron chi connectivity index (χ2n) is 4.00. The Labute approximate surface area is 111 Å². The van der Waals surface area contributed by atoms with Crippen LogP contribution >= 0.6 is 0 Å². The molecule has 0 fully saturated rings. The molecule has 5 nitrogen and oxygen atoms in total. The van der Waals surface area contributed by atoms with Crippen LogP contribution in [-0.2, 0) is 11.2 Å². The van der Waals surface area contributed by atoms with E-state index in [1.54, 1.807) is 24.4 Å². The first-order valence-corrected chi connectivity index (χ1v) is 5.82. The van der Waals surface area contributed by atoms with Crippen LogP contribution in [0.3, 0.4) is 0 Å². The quantitative estimate of drug-likeness (QED) is 0.819. The smallest absolute Gasteiger partial charge is 0.230 e. The van der Waals surface area contributed by atoms with Crippen LogP contribution < -0.4 is 15.8 Å². The third-order valence-electron chi connectivity index (χ3n) is 2.59. The summed E-state index contributed by atoms with van der Waals surface area (Å²) in [6.45, 7) is 0. The number of amides is 1. The Morgan fingerprint density at radius 3 is 2.89 bits per heavy atom. The highest BCUT2D eigenvalue weighted by atomic mass is 16.5. The number of nitrogen functional groups attached to an aromatic ring is 1. The van der Waals surface area contributed by atoms with E-state index in [0.717, 1.165) is 5.69 Å². The normalized spacial score (nSPS) is 9.95. The molecule has 0 aliphatic heterocycles. The molecule has 3 N–H and O–H groups in total. The largest absolute Gasteiger partial charge is 0.495 e. The van der Waals surface area contributed by atoms with Crippen LogP contribution in [0.5, 0.6) is 5.75 Å². The second kappa shape index (κ2) is 5.86. The van der Waals surface area contributed by atoms with Gasteiger partial charge in [-0.3, -0.25) is 9.78 Å². The molecule has 98 valence electrons. The minimum absolute atomic E-state index is 0.134. The van der Waals surface area contributed by atoms with Crippen LogP contribution in [0, 0.1) is 0 Å². The number of carbonyl (C=O) groups is 1. The number of pyridine rings is 1. The molecule has 1 aromatic carbocycles. The molecule has 1 aromatic heterocycles. The number of methoxy groups -OCH3 is 1. The van der Waals surface area contributed by atoms with E-state index < -0.39 is 0 Å². The Kier molecular flexibility index (Phi) is 3.97. The van der Waals surface area contributed by atoms with E-state index in [1.807, 2.05) is 18.2 Å². The lowest BCUT2D eigenvalue weighted by Crippen LogP contribution is -2.15. The molecule has 0 bridgehead atoms. The fourth-order valence-corrected chi connectivity index (χ4v) is 1.66.